The van der Waals surface area contributed by atoms with Gasteiger partial charge in [-0.25, -0.2) is 9.67 Å². The highest BCUT2D eigenvalue weighted by Gasteiger charge is 2.07. The van der Waals surface area contributed by atoms with Crippen LogP contribution in [0.1, 0.15) is 20.3 Å². The minimum absolute atomic E-state index is 0.0669. The first-order chi connectivity index (χ1) is 8.74. The average Bonchev–Trinajstić information content (AvgIpc) is 2.81. The molecule has 0 aliphatic rings. The molecule has 0 atom stereocenters. The number of thiazole rings is 1. The van der Waals surface area contributed by atoms with Crippen molar-refractivity contribution in [2.75, 3.05) is 11.9 Å². The van der Waals surface area contributed by atoms with Crippen molar-refractivity contribution in [3.63, 3.8) is 0 Å². The van der Waals surface area contributed by atoms with Crippen LogP contribution < -0.4 is 10.9 Å². The summed E-state index contributed by atoms with van der Waals surface area (Å²) in [4.78, 5) is 16.0. The lowest BCUT2D eigenvalue weighted by molar-refractivity contribution is 0.570. The Balaban J connectivity index is 2.31. The molecule has 2 aromatic rings. The number of hydrogen-bond acceptors (Lipinski definition) is 5. The second-order valence-electron chi connectivity index (χ2n) is 3.85. The van der Waals surface area contributed by atoms with Crippen molar-refractivity contribution in [3.8, 4) is 11.4 Å². The molecule has 0 amide bonds. The smallest absolute Gasteiger partial charge is 0.266 e. The van der Waals surface area contributed by atoms with Gasteiger partial charge in [0.2, 0.25) is 0 Å². The molecule has 0 unspecified atom stereocenters. The minimum Gasteiger partial charge on any atom is -0.362 e. The summed E-state index contributed by atoms with van der Waals surface area (Å²) < 4.78 is 1.49. The molecule has 5 nitrogen and oxygen atoms in total. The van der Waals surface area contributed by atoms with E-state index in [9.17, 15) is 4.79 Å². The Bertz CT molecular complexity index is 575. The van der Waals surface area contributed by atoms with Crippen LogP contribution in [0.25, 0.3) is 11.4 Å². The van der Waals surface area contributed by atoms with Crippen molar-refractivity contribution in [1.82, 2.24) is 14.8 Å². The van der Waals surface area contributed by atoms with Gasteiger partial charge in [-0.05, 0) is 19.4 Å². The lowest BCUT2D eigenvalue weighted by atomic mass is 10.3. The van der Waals surface area contributed by atoms with Gasteiger partial charge in [-0.3, -0.25) is 4.79 Å². The second-order valence-corrected chi connectivity index (χ2v) is 4.71. The van der Waals surface area contributed by atoms with Crippen molar-refractivity contribution in [2.45, 2.75) is 26.8 Å². The molecule has 0 spiro atoms. The fourth-order valence-corrected chi connectivity index (χ4v) is 2.36. The van der Waals surface area contributed by atoms with Crippen LogP contribution in [0.3, 0.4) is 0 Å². The normalized spacial score (nSPS) is 10.6. The van der Waals surface area contributed by atoms with Crippen molar-refractivity contribution >= 4 is 16.5 Å². The van der Waals surface area contributed by atoms with Gasteiger partial charge in [0.25, 0.3) is 5.56 Å². The third-order valence-corrected chi connectivity index (χ3v) is 3.20. The topological polar surface area (TPSA) is 59.8 Å². The Morgan fingerprint density at radius 2 is 2.17 bits per heavy atom. The maximum absolute atomic E-state index is 11.6. The lowest BCUT2D eigenvalue weighted by Gasteiger charge is -2.03. The summed E-state index contributed by atoms with van der Waals surface area (Å²) in [7, 11) is 0. The zero-order chi connectivity index (χ0) is 13.0. The van der Waals surface area contributed by atoms with Crippen LogP contribution >= 0.6 is 11.3 Å². The van der Waals surface area contributed by atoms with E-state index in [4.69, 9.17) is 0 Å². The molecule has 0 fully saturated rings. The van der Waals surface area contributed by atoms with Crippen LogP contribution in [-0.4, -0.2) is 21.3 Å². The van der Waals surface area contributed by atoms with E-state index >= 15 is 0 Å². The first kappa shape index (κ1) is 12.8. The van der Waals surface area contributed by atoms with Gasteiger partial charge in [0.1, 0.15) is 11.4 Å². The van der Waals surface area contributed by atoms with Crippen LogP contribution in [0.5, 0.6) is 0 Å². The molecule has 2 heterocycles. The molecule has 2 rings (SSSR count). The first-order valence-electron chi connectivity index (χ1n) is 6.02. The summed E-state index contributed by atoms with van der Waals surface area (Å²) in [5.41, 5.74) is 1.48. The van der Waals surface area contributed by atoms with Gasteiger partial charge in [-0.15, -0.1) is 11.3 Å². The Morgan fingerprint density at radius 3 is 2.89 bits per heavy atom. The predicted octanol–water partition coefficient (Wildman–Crippen LogP) is 2.21. The van der Waals surface area contributed by atoms with E-state index in [0.717, 1.165) is 29.5 Å². The molecule has 96 valence electrons. The molecular formula is C12H16N4OS. The molecule has 18 heavy (non-hydrogen) atoms. The van der Waals surface area contributed by atoms with Crippen LogP contribution in [0, 0.1) is 0 Å². The summed E-state index contributed by atoms with van der Waals surface area (Å²) in [6.45, 7) is 5.53. The second kappa shape index (κ2) is 5.77. The third-order valence-electron chi connectivity index (χ3n) is 2.40. The number of nitrogens with zero attached hydrogens (tertiary/aromatic N) is 3. The molecule has 0 aliphatic heterocycles. The highest BCUT2D eigenvalue weighted by atomic mass is 32.1. The van der Waals surface area contributed by atoms with Gasteiger partial charge in [0, 0.05) is 24.5 Å². The largest absolute Gasteiger partial charge is 0.362 e. The molecule has 2 aromatic heterocycles. The summed E-state index contributed by atoms with van der Waals surface area (Å²) in [6.07, 6.45) is 0.885. The Morgan fingerprint density at radius 1 is 1.33 bits per heavy atom. The molecule has 0 radical (unpaired) electrons. The minimum atomic E-state index is -0.0669. The molecular weight excluding hydrogens is 248 g/mol. The van der Waals surface area contributed by atoms with Gasteiger partial charge < -0.3 is 5.32 Å². The van der Waals surface area contributed by atoms with Crippen LogP contribution in [0.4, 0.5) is 5.13 Å². The Kier molecular flexibility index (Phi) is 4.09. The summed E-state index contributed by atoms with van der Waals surface area (Å²) in [5, 5.41) is 10.3. The van der Waals surface area contributed by atoms with Gasteiger partial charge in [0.05, 0.1) is 0 Å². The maximum atomic E-state index is 11.6. The van der Waals surface area contributed by atoms with Gasteiger partial charge in [0.15, 0.2) is 5.13 Å². The molecule has 0 bridgehead atoms. The highest BCUT2D eigenvalue weighted by molar-refractivity contribution is 7.14. The van der Waals surface area contributed by atoms with Gasteiger partial charge >= 0.3 is 0 Å². The zero-order valence-corrected chi connectivity index (χ0v) is 11.3. The van der Waals surface area contributed by atoms with E-state index in [-0.39, 0.29) is 5.56 Å². The molecule has 0 aromatic carbocycles. The van der Waals surface area contributed by atoms with Crippen molar-refractivity contribution in [1.29, 1.82) is 0 Å². The first-order valence-corrected chi connectivity index (χ1v) is 6.90. The average molecular weight is 264 g/mol. The molecule has 0 saturated heterocycles. The number of aryl methyl sites for hydroxylation is 1. The van der Waals surface area contributed by atoms with E-state index < -0.39 is 0 Å². The summed E-state index contributed by atoms with van der Waals surface area (Å²) in [6, 6.07) is 3.27. The number of hydrogen-bond donors (Lipinski definition) is 1. The van der Waals surface area contributed by atoms with Crippen molar-refractivity contribution in [2.24, 2.45) is 0 Å². The molecule has 6 heteroatoms. The monoisotopic (exact) mass is 264 g/mol. The van der Waals surface area contributed by atoms with Gasteiger partial charge in [-0.2, -0.15) is 5.10 Å². The molecule has 0 saturated carbocycles. The number of anilines is 1. The van der Waals surface area contributed by atoms with E-state index in [1.165, 1.54) is 4.68 Å². The highest BCUT2D eigenvalue weighted by Crippen LogP contribution is 2.22. The number of aromatic nitrogens is 3. The van der Waals surface area contributed by atoms with E-state index in [1.807, 2.05) is 19.2 Å². The maximum Gasteiger partial charge on any atom is 0.266 e. The van der Waals surface area contributed by atoms with E-state index in [2.05, 4.69) is 15.4 Å². The summed E-state index contributed by atoms with van der Waals surface area (Å²) in [5.74, 6) is 0. The fourth-order valence-electron chi connectivity index (χ4n) is 1.58. The Labute approximate surface area is 110 Å². The predicted molar refractivity (Wildman–Crippen MR) is 74.1 cm³/mol. The summed E-state index contributed by atoms with van der Waals surface area (Å²) >= 11 is 1.54. The number of nitrogens with one attached hydrogen (secondary N) is 1. The van der Waals surface area contributed by atoms with Crippen molar-refractivity contribution in [3.05, 3.63) is 27.9 Å². The van der Waals surface area contributed by atoms with Crippen LogP contribution in [-0.2, 0) is 6.54 Å². The lowest BCUT2D eigenvalue weighted by Crippen LogP contribution is -2.22. The standard InChI is InChI=1S/C12H16N4OS/c1-3-7-16-11(17)6-5-9(15-16)10-8-18-12(14-10)13-4-2/h5-6,8H,3-4,7H2,1-2H3,(H,13,14). The number of rotatable bonds is 5. The van der Waals surface area contributed by atoms with Crippen molar-refractivity contribution < 1.29 is 0 Å². The third kappa shape index (κ3) is 2.76. The van der Waals surface area contributed by atoms with Crippen LogP contribution in [0.2, 0.25) is 0 Å². The quantitative estimate of drug-likeness (QED) is 0.899. The van der Waals surface area contributed by atoms with Gasteiger partial charge in [-0.1, -0.05) is 6.92 Å². The SMILES string of the molecule is CCCn1nc(-c2csc(NCC)n2)ccc1=O. The van der Waals surface area contributed by atoms with E-state index in [0.29, 0.717) is 6.54 Å². The van der Waals surface area contributed by atoms with E-state index in [1.54, 1.807) is 23.5 Å². The molecule has 0 aliphatic carbocycles. The fraction of sp³-hybridized carbons (Fsp3) is 0.417. The Hall–Kier alpha value is -1.69. The molecule has 1 N–H and O–H groups in total. The zero-order valence-electron chi connectivity index (χ0n) is 10.5. The van der Waals surface area contributed by atoms with Crippen LogP contribution in [0.15, 0.2) is 22.3 Å².